The average molecular weight is 372 g/mol. The maximum absolute atomic E-state index is 12.4. The summed E-state index contributed by atoms with van der Waals surface area (Å²) in [4.78, 5) is 12.4. The molecule has 0 aliphatic carbocycles. The number of hydrogen-bond acceptors (Lipinski definition) is 4. The van der Waals surface area contributed by atoms with E-state index in [-0.39, 0.29) is 18.1 Å². The number of nitrogens with one attached hydrogen (secondary N) is 1. The van der Waals surface area contributed by atoms with E-state index in [0.717, 1.165) is 4.47 Å². The number of ether oxygens (including phenoxy) is 3. The summed E-state index contributed by atoms with van der Waals surface area (Å²) in [5.74, 6) is -0.207. The van der Waals surface area contributed by atoms with Crippen LogP contribution in [0.2, 0.25) is 0 Å². The van der Waals surface area contributed by atoms with Gasteiger partial charge in [-0.3, -0.25) is 4.79 Å². The highest BCUT2D eigenvalue weighted by Gasteiger charge is 2.32. The molecule has 5 nitrogen and oxygen atoms in total. The minimum absolute atomic E-state index is 0.00628. The molecule has 0 radical (unpaired) electrons. The Balaban J connectivity index is 2.00. The maximum atomic E-state index is 12.4. The van der Waals surface area contributed by atoms with E-state index < -0.39 is 5.79 Å². The van der Waals surface area contributed by atoms with Crippen LogP contribution in [0.15, 0.2) is 22.7 Å². The Morgan fingerprint density at radius 2 is 2.23 bits per heavy atom. The first kappa shape index (κ1) is 17.2. The molecule has 1 aromatic rings. The first-order chi connectivity index (χ1) is 10.3. The van der Waals surface area contributed by atoms with Crippen molar-refractivity contribution in [3.05, 3.63) is 28.2 Å². The third-order valence-electron chi connectivity index (χ3n) is 3.11. The fourth-order valence-corrected chi connectivity index (χ4v) is 2.54. The lowest BCUT2D eigenvalue weighted by Gasteiger charge is -2.18. The molecule has 1 atom stereocenters. The van der Waals surface area contributed by atoms with E-state index >= 15 is 0 Å². The van der Waals surface area contributed by atoms with Crippen LogP contribution < -0.4 is 10.1 Å². The molecule has 2 rings (SSSR count). The normalized spacial score (nSPS) is 20.2. The minimum atomic E-state index is -0.584. The van der Waals surface area contributed by atoms with Gasteiger partial charge in [0.1, 0.15) is 11.9 Å². The Labute approximate surface area is 139 Å². The lowest BCUT2D eigenvalue weighted by atomic mass is 10.2. The zero-order chi connectivity index (χ0) is 16.3. The quantitative estimate of drug-likeness (QED) is 0.863. The third kappa shape index (κ3) is 4.69. The van der Waals surface area contributed by atoms with Gasteiger partial charge in [0.15, 0.2) is 5.79 Å². The van der Waals surface area contributed by atoms with E-state index in [1.807, 2.05) is 33.8 Å². The lowest BCUT2D eigenvalue weighted by molar-refractivity contribution is -0.137. The topological polar surface area (TPSA) is 56.8 Å². The molecule has 1 aliphatic heterocycles. The van der Waals surface area contributed by atoms with Crippen LogP contribution in [0.3, 0.4) is 0 Å². The molecule has 0 bridgehead atoms. The predicted octanol–water partition coefficient (Wildman–Crippen LogP) is 3.12. The third-order valence-corrected chi connectivity index (χ3v) is 3.60. The minimum Gasteiger partial charge on any atom is -0.490 e. The highest BCUT2D eigenvalue weighted by Crippen LogP contribution is 2.25. The molecule has 0 aromatic heterocycles. The van der Waals surface area contributed by atoms with Gasteiger partial charge in [-0.1, -0.05) is 15.9 Å². The van der Waals surface area contributed by atoms with Gasteiger partial charge in [0.25, 0.3) is 5.91 Å². The first-order valence-corrected chi connectivity index (χ1v) is 8.12. The van der Waals surface area contributed by atoms with Gasteiger partial charge >= 0.3 is 0 Å². The van der Waals surface area contributed by atoms with Crippen molar-refractivity contribution in [1.29, 1.82) is 0 Å². The fraction of sp³-hybridized carbons (Fsp3) is 0.562. The molecule has 0 spiro atoms. The number of hydrogen-bond donors (Lipinski definition) is 1. The fourth-order valence-electron chi connectivity index (χ4n) is 2.20. The molecule has 1 aromatic carbocycles. The van der Waals surface area contributed by atoms with Crippen molar-refractivity contribution in [2.24, 2.45) is 0 Å². The van der Waals surface area contributed by atoms with Crippen molar-refractivity contribution < 1.29 is 19.0 Å². The van der Waals surface area contributed by atoms with Crippen LogP contribution >= 0.6 is 15.9 Å². The molecule has 1 saturated heterocycles. The smallest absolute Gasteiger partial charge is 0.255 e. The van der Waals surface area contributed by atoms with E-state index in [0.29, 0.717) is 24.5 Å². The second kappa shape index (κ2) is 6.98. The largest absolute Gasteiger partial charge is 0.490 e. The van der Waals surface area contributed by atoms with Crippen LogP contribution in [-0.2, 0) is 9.47 Å². The van der Waals surface area contributed by atoms with Gasteiger partial charge in [0, 0.05) is 11.0 Å². The maximum Gasteiger partial charge on any atom is 0.255 e. The highest BCUT2D eigenvalue weighted by atomic mass is 79.9. The molecule has 6 heteroatoms. The SMILES string of the molecule is CC(C)Oc1cc(Br)ccc1C(=O)NC[C@@H]1COC(C)(C)O1. The van der Waals surface area contributed by atoms with E-state index in [2.05, 4.69) is 21.2 Å². The number of benzene rings is 1. The molecule has 22 heavy (non-hydrogen) atoms. The van der Waals surface area contributed by atoms with Crippen molar-refractivity contribution in [3.63, 3.8) is 0 Å². The van der Waals surface area contributed by atoms with Crippen molar-refractivity contribution in [2.45, 2.75) is 45.7 Å². The molecule has 1 N–H and O–H groups in total. The summed E-state index contributed by atoms with van der Waals surface area (Å²) in [5, 5.41) is 2.87. The molecule has 1 amide bonds. The first-order valence-electron chi connectivity index (χ1n) is 7.33. The molecule has 1 fully saturated rings. The van der Waals surface area contributed by atoms with Crippen molar-refractivity contribution in [2.75, 3.05) is 13.2 Å². The number of halogens is 1. The van der Waals surface area contributed by atoms with Crippen LogP contribution in [0.25, 0.3) is 0 Å². The lowest BCUT2D eigenvalue weighted by Crippen LogP contribution is -2.34. The summed E-state index contributed by atoms with van der Waals surface area (Å²) in [5.41, 5.74) is 0.509. The number of amides is 1. The Morgan fingerprint density at radius 1 is 1.50 bits per heavy atom. The van der Waals surface area contributed by atoms with Gasteiger partial charge in [0.05, 0.1) is 18.3 Å². The molecule has 122 valence electrons. The Hall–Kier alpha value is -1.11. The van der Waals surface area contributed by atoms with E-state index in [1.165, 1.54) is 0 Å². The summed E-state index contributed by atoms with van der Waals surface area (Å²) >= 11 is 3.39. The van der Waals surface area contributed by atoms with Gasteiger partial charge in [-0.15, -0.1) is 0 Å². The Bertz CT molecular complexity index is 545. The Kier molecular flexibility index (Phi) is 5.47. The molecule has 1 heterocycles. The molecular weight excluding hydrogens is 350 g/mol. The van der Waals surface area contributed by atoms with Crippen molar-refractivity contribution >= 4 is 21.8 Å². The predicted molar refractivity (Wildman–Crippen MR) is 87.1 cm³/mol. The van der Waals surface area contributed by atoms with Crippen LogP contribution in [0.4, 0.5) is 0 Å². The molecular formula is C16H22BrNO4. The van der Waals surface area contributed by atoms with Crippen molar-refractivity contribution in [1.82, 2.24) is 5.32 Å². The summed E-state index contributed by atoms with van der Waals surface area (Å²) in [6, 6.07) is 5.36. The van der Waals surface area contributed by atoms with Crippen LogP contribution in [0.5, 0.6) is 5.75 Å². The van der Waals surface area contributed by atoms with E-state index in [1.54, 1.807) is 12.1 Å². The standard InChI is InChI=1S/C16H22BrNO4/c1-10(2)21-14-7-11(17)5-6-13(14)15(19)18-8-12-9-20-16(3,4)22-12/h5-7,10,12H,8-9H2,1-4H3,(H,18,19)/t12-/m1/s1. The number of rotatable bonds is 5. The van der Waals surface area contributed by atoms with Gasteiger partial charge < -0.3 is 19.5 Å². The van der Waals surface area contributed by atoms with Gasteiger partial charge in [-0.25, -0.2) is 0 Å². The van der Waals surface area contributed by atoms with Crippen LogP contribution in [-0.4, -0.2) is 37.1 Å². The molecule has 0 unspecified atom stereocenters. The summed E-state index contributed by atoms with van der Waals surface area (Å²) in [7, 11) is 0. The summed E-state index contributed by atoms with van der Waals surface area (Å²) in [6.45, 7) is 8.45. The molecule has 0 saturated carbocycles. The summed E-state index contributed by atoms with van der Waals surface area (Å²) < 4.78 is 17.7. The highest BCUT2D eigenvalue weighted by molar-refractivity contribution is 9.10. The van der Waals surface area contributed by atoms with Crippen molar-refractivity contribution in [3.8, 4) is 5.75 Å². The van der Waals surface area contributed by atoms with Gasteiger partial charge in [-0.05, 0) is 45.9 Å². The zero-order valence-corrected chi connectivity index (χ0v) is 14.9. The van der Waals surface area contributed by atoms with E-state index in [9.17, 15) is 4.79 Å². The zero-order valence-electron chi connectivity index (χ0n) is 13.3. The summed E-state index contributed by atoms with van der Waals surface area (Å²) in [6.07, 6.45) is -0.142. The average Bonchev–Trinajstić information content (AvgIpc) is 2.75. The van der Waals surface area contributed by atoms with Crippen LogP contribution in [0, 0.1) is 0 Å². The second-order valence-corrected chi connectivity index (χ2v) is 6.88. The van der Waals surface area contributed by atoms with Gasteiger partial charge in [0.2, 0.25) is 0 Å². The number of carbonyl (C=O) groups is 1. The monoisotopic (exact) mass is 371 g/mol. The van der Waals surface area contributed by atoms with E-state index in [4.69, 9.17) is 14.2 Å². The molecule has 1 aliphatic rings. The number of carbonyl (C=O) groups excluding carboxylic acids is 1. The second-order valence-electron chi connectivity index (χ2n) is 5.97. The van der Waals surface area contributed by atoms with Gasteiger partial charge in [-0.2, -0.15) is 0 Å². The van der Waals surface area contributed by atoms with Crippen LogP contribution in [0.1, 0.15) is 38.1 Å². The Morgan fingerprint density at radius 3 is 2.82 bits per heavy atom.